The molecule has 0 heterocycles. The van der Waals surface area contributed by atoms with Crippen LogP contribution >= 0.6 is 24.0 Å². The summed E-state index contributed by atoms with van der Waals surface area (Å²) in [5.41, 5.74) is 1.40. The number of hydrogen-bond donors (Lipinski definition) is 2. The maximum Gasteiger partial charge on any atom is 0.191 e. The Bertz CT molecular complexity index is 397. The molecule has 0 aromatic heterocycles. The molecule has 0 radical (unpaired) electrons. The fraction of sp³-hybridized carbons (Fsp3) is 0.500. The normalized spacial score (nSPS) is 21.5. The van der Waals surface area contributed by atoms with Crippen LogP contribution < -0.4 is 10.6 Å². The minimum Gasteiger partial charge on any atom is -0.383 e. The fourth-order valence-electron chi connectivity index (χ4n) is 2.06. The van der Waals surface area contributed by atoms with Crippen LogP contribution in [0.4, 0.5) is 0 Å². The maximum atomic E-state index is 5.00. The minimum absolute atomic E-state index is 0. The Morgan fingerprint density at radius 2 is 2.11 bits per heavy atom. The van der Waals surface area contributed by atoms with Crippen LogP contribution in [0.2, 0.25) is 0 Å². The molecule has 2 atom stereocenters. The van der Waals surface area contributed by atoms with Crippen LogP contribution in [0.1, 0.15) is 17.9 Å². The molecule has 5 heteroatoms. The molecule has 0 saturated heterocycles. The topological polar surface area (TPSA) is 45.7 Å². The second kappa shape index (κ2) is 8.37. The minimum atomic E-state index is 0. The van der Waals surface area contributed by atoms with E-state index in [1.165, 1.54) is 12.0 Å². The molecule has 1 aliphatic rings. The largest absolute Gasteiger partial charge is 0.383 e. The molecule has 4 nitrogen and oxygen atoms in total. The predicted octanol–water partition coefficient (Wildman–Crippen LogP) is 1.97. The van der Waals surface area contributed by atoms with Crippen molar-refractivity contribution in [1.82, 2.24) is 10.6 Å². The zero-order chi connectivity index (χ0) is 12.8. The number of halogens is 1. The first-order chi connectivity index (χ1) is 8.85. The van der Waals surface area contributed by atoms with Gasteiger partial charge >= 0.3 is 0 Å². The third-order valence-corrected chi connectivity index (χ3v) is 3.16. The number of rotatable bonds is 5. The molecule has 0 bridgehead atoms. The third kappa shape index (κ3) is 4.99. The summed E-state index contributed by atoms with van der Waals surface area (Å²) in [4.78, 5) is 4.21. The molecule has 0 spiro atoms. The van der Waals surface area contributed by atoms with Gasteiger partial charge in [-0.05, 0) is 12.0 Å². The molecule has 1 aliphatic carbocycles. The van der Waals surface area contributed by atoms with E-state index < -0.39 is 0 Å². The molecule has 2 rings (SSSR count). The van der Waals surface area contributed by atoms with Gasteiger partial charge in [-0.1, -0.05) is 30.3 Å². The Labute approximate surface area is 132 Å². The molecule has 2 unspecified atom stereocenters. The van der Waals surface area contributed by atoms with Gasteiger partial charge in [0.15, 0.2) is 5.96 Å². The number of ether oxygens (including phenoxy) is 1. The van der Waals surface area contributed by atoms with Gasteiger partial charge in [-0.25, -0.2) is 0 Å². The van der Waals surface area contributed by atoms with Crippen LogP contribution in [0.25, 0.3) is 0 Å². The lowest BCUT2D eigenvalue weighted by Crippen LogP contribution is -2.40. The van der Waals surface area contributed by atoms with Crippen molar-refractivity contribution in [3.05, 3.63) is 35.9 Å². The van der Waals surface area contributed by atoms with Crippen molar-refractivity contribution >= 4 is 29.9 Å². The van der Waals surface area contributed by atoms with Gasteiger partial charge in [0.25, 0.3) is 0 Å². The van der Waals surface area contributed by atoms with Gasteiger partial charge in [0.1, 0.15) is 0 Å². The summed E-state index contributed by atoms with van der Waals surface area (Å²) in [5.74, 6) is 1.47. The van der Waals surface area contributed by atoms with E-state index in [1.807, 2.05) is 0 Å². The van der Waals surface area contributed by atoms with Gasteiger partial charge < -0.3 is 15.4 Å². The Balaban J connectivity index is 0.00000180. The van der Waals surface area contributed by atoms with Crippen molar-refractivity contribution in [3.8, 4) is 0 Å². The SMILES string of the molecule is CN=C(NCCOC)NC1CC1c1ccccc1.I. The van der Waals surface area contributed by atoms with Crippen molar-refractivity contribution in [1.29, 1.82) is 0 Å². The highest BCUT2D eigenvalue weighted by Crippen LogP contribution is 2.40. The predicted molar refractivity (Wildman–Crippen MR) is 89.4 cm³/mol. The van der Waals surface area contributed by atoms with Crippen LogP contribution in [0.5, 0.6) is 0 Å². The summed E-state index contributed by atoms with van der Waals surface area (Å²) in [6.07, 6.45) is 1.18. The molecule has 1 aromatic rings. The van der Waals surface area contributed by atoms with Crippen molar-refractivity contribution in [2.24, 2.45) is 4.99 Å². The van der Waals surface area contributed by atoms with Crippen LogP contribution in [0.15, 0.2) is 35.3 Å². The standard InChI is InChI=1S/C14H21N3O.HI/c1-15-14(16-8-9-18-2)17-13-10-12(13)11-6-4-3-5-7-11;/h3-7,12-13H,8-10H2,1-2H3,(H2,15,16,17);1H. The smallest absolute Gasteiger partial charge is 0.191 e. The van der Waals surface area contributed by atoms with E-state index in [4.69, 9.17) is 4.74 Å². The van der Waals surface area contributed by atoms with Crippen LogP contribution in [-0.4, -0.2) is 39.3 Å². The molecular formula is C14H22IN3O. The zero-order valence-electron chi connectivity index (χ0n) is 11.4. The Kier molecular flexibility index (Phi) is 7.15. The van der Waals surface area contributed by atoms with E-state index in [0.29, 0.717) is 18.6 Å². The summed E-state index contributed by atoms with van der Waals surface area (Å²) in [7, 11) is 3.49. The van der Waals surface area contributed by atoms with E-state index in [2.05, 4.69) is 46.0 Å². The number of nitrogens with one attached hydrogen (secondary N) is 2. The molecule has 1 fully saturated rings. The molecular weight excluding hydrogens is 353 g/mol. The van der Waals surface area contributed by atoms with Crippen LogP contribution in [0, 0.1) is 0 Å². The summed E-state index contributed by atoms with van der Waals surface area (Å²) >= 11 is 0. The first-order valence-electron chi connectivity index (χ1n) is 6.36. The highest BCUT2D eigenvalue weighted by atomic mass is 127. The summed E-state index contributed by atoms with van der Waals surface area (Å²) < 4.78 is 5.00. The van der Waals surface area contributed by atoms with E-state index in [0.717, 1.165) is 12.5 Å². The molecule has 106 valence electrons. The third-order valence-electron chi connectivity index (χ3n) is 3.16. The van der Waals surface area contributed by atoms with Crippen molar-refractivity contribution < 1.29 is 4.74 Å². The summed E-state index contributed by atoms with van der Waals surface area (Å²) in [5, 5.41) is 6.66. The van der Waals surface area contributed by atoms with Crippen LogP contribution in [-0.2, 0) is 4.74 Å². The van der Waals surface area contributed by atoms with E-state index in [1.54, 1.807) is 14.2 Å². The monoisotopic (exact) mass is 375 g/mol. The van der Waals surface area contributed by atoms with E-state index in [-0.39, 0.29) is 24.0 Å². The number of aliphatic imine (C=N–C) groups is 1. The highest BCUT2D eigenvalue weighted by molar-refractivity contribution is 14.0. The Morgan fingerprint density at radius 1 is 1.37 bits per heavy atom. The maximum absolute atomic E-state index is 5.00. The van der Waals surface area contributed by atoms with Crippen molar-refractivity contribution in [2.45, 2.75) is 18.4 Å². The lowest BCUT2D eigenvalue weighted by atomic mass is 10.1. The fourth-order valence-corrected chi connectivity index (χ4v) is 2.06. The molecule has 1 saturated carbocycles. The van der Waals surface area contributed by atoms with Gasteiger partial charge in [-0.15, -0.1) is 24.0 Å². The van der Waals surface area contributed by atoms with Crippen LogP contribution in [0.3, 0.4) is 0 Å². The molecule has 19 heavy (non-hydrogen) atoms. The van der Waals surface area contributed by atoms with Crippen molar-refractivity contribution in [2.75, 3.05) is 27.3 Å². The second-order valence-corrected chi connectivity index (χ2v) is 4.50. The number of benzene rings is 1. The zero-order valence-corrected chi connectivity index (χ0v) is 13.8. The highest BCUT2D eigenvalue weighted by Gasteiger charge is 2.38. The first-order valence-corrected chi connectivity index (χ1v) is 6.36. The van der Waals surface area contributed by atoms with Gasteiger partial charge in [-0.2, -0.15) is 0 Å². The number of guanidine groups is 1. The second-order valence-electron chi connectivity index (χ2n) is 4.50. The lowest BCUT2D eigenvalue weighted by molar-refractivity contribution is 0.203. The summed E-state index contributed by atoms with van der Waals surface area (Å²) in [6, 6.07) is 11.1. The number of hydrogen-bond acceptors (Lipinski definition) is 2. The first kappa shape index (κ1) is 16.2. The van der Waals surface area contributed by atoms with Gasteiger partial charge in [0.05, 0.1) is 6.61 Å². The average Bonchev–Trinajstić information content (AvgIpc) is 3.18. The quantitative estimate of drug-likeness (QED) is 0.358. The molecule has 2 N–H and O–H groups in total. The van der Waals surface area contributed by atoms with E-state index in [9.17, 15) is 0 Å². The Morgan fingerprint density at radius 3 is 2.74 bits per heavy atom. The van der Waals surface area contributed by atoms with Gasteiger partial charge in [0.2, 0.25) is 0 Å². The summed E-state index contributed by atoms with van der Waals surface area (Å²) in [6.45, 7) is 1.46. The van der Waals surface area contributed by atoms with E-state index >= 15 is 0 Å². The van der Waals surface area contributed by atoms with Crippen molar-refractivity contribution in [3.63, 3.8) is 0 Å². The van der Waals surface area contributed by atoms with Gasteiger partial charge in [0, 0.05) is 32.7 Å². The number of nitrogens with zero attached hydrogens (tertiary/aromatic N) is 1. The molecule has 0 aliphatic heterocycles. The van der Waals surface area contributed by atoms with Gasteiger partial charge in [-0.3, -0.25) is 4.99 Å². The average molecular weight is 375 g/mol. The molecule has 0 amide bonds. The number of methoxy groups -OCH3 is 1. The molecule has 1 aromatic carbocycles. The lowest BCUT2D eigenvalue weighted by Gasteiger charge is -2.11. The Hall–Kier alpha value is -0.820.